The van der Waals surface area contributed by atoms with E-state index in [2.05, 4.69) is 27.7 Å². The summed E-state index contributed by atoms with van der Waals surface area (Å²) >= 11 is 0. The molecular weight excluding hydrogens is 913 g/mol. The molecule has 0 spiro atoms. The quantitative estimate of drug-likeness (QED) is 0.129. The van der Waals surface area contributed by atoms with Gasteiger partial charge >= 0.3 is 17.9 Å². The number of aliphatic hydroxyl groups is 9. The molecule has 3 saturated carbocycles. The first-order valence-corrected chi connectivity index (χ1v) is 24.2. The van der Waals surface area contributed by atoms with E-state index in [1.165, 1.54) is 0 Å². The zero-order valence-electron chi connectivity index (χ0n) is 40.1. The van der Waals surface area contributed by atoms with Crippen molar-refractivity contribution in [1.29, 1.82) is 0 Å². The van der Waals surface area contributed by atoms with Gasteiger partial charge in [0.2, 0.25) is 6.29 Å². The monoisotopic (exact) mass is 984 g/mol. The van der Waals surface area contributed by atoms with Crippen molar-refractivity contribution in [3.8, 4) is 0 Å². The van der Waals surface area contributed by atoms with Crippen molar-refractivity contribution in [2.75, 3.05) is 6.61 Å². The molecule has 23 atom stereocenters. The largest absolute Gasteiger partial charge is 0.481 e. The van der Waals surface area contributed by atoms with Crippen LogP contribution in [0.4, 0.5) is 0 Å². The molecule has 8 aliphatic rings. The minimum atomic E-state index is -2.04. The van der Waals surface area contributed by atoms with Crippen LogP contribution in [0.5, 0.6) is 0 Å². The molecule has 0 aromatic carbocycles. The van der Waals surface area contributed by atoms with Crippen LogP contribution in [0.3, 0.4) is 0 Å². The molecule has 0 amide bonds. The van der Waals surface area contributed by atoms with E-state index >= 15 is 0 Å². The number of aliphatic hydroxyl groups excluding tert-OH is 9. The Labute approximate surface area is 399 Å². The van der Waals surface area contributed by atoms with Gasteiger partial charge in [0.15, 0.2) is 24.8 Å². The summed E-state index contributed by atoms with van der Waals surface area (Å²) in [4.78, 5) is 37.0. The van der Waals surface area contributed by atoms with Gasteiger partial charge < -0.3 is 89.7 Å². The van der Waals surface area contributed by atoms with Gasteiger partial charge in [0.25, 0.3) is 0 Å². The Kier molecular flexibility index (Phi) is 13.7. The molecule has 5 aliphatic carbocycles. The maximum absolute atomic E-state index is 12.8. The van der Waals surface area contributed by atoms with Crippen LogP contribution in [0.15, 0.2) is 23.0 Å². The molecule has 0 bridgehead atoms. The Morgan fingerprint density at radius 2 is 1.22 bits per heavy atom. The fraction of sp³-hybridized carbons (Fsp3) is 0.854. The summed E-state index contributed by atoms with van der Waals surface area (Å²) in [5, 5.41) is 127. The van der Waals surface area contributed by atoms with Crippen molar-refractivity contribution in [3.05, 3.63) is 23.0 Å². The maximum Gasteiger partial charge on any atom is 0.335 e. The molecule has 0 aromatic rings. The normalized spacial score (nSPS) is 51.7. The van der Waals surface area contributed by atoms with Crippen LogP contribution in [-0.2, 0) is 42.8 Å². The average Bonchev–Trinajstić information content (AvgIpc) is 3.27. The Hall–Kier alpha value is -2.87. The molecule has 390 valence electrons. The summed E-state index contributed by atoms with van der Waals surface area (Å²) in [7, 11) is 0. The molecule has 3 heterocycles. The summed E-state index contributed by atoms with van der Waals surface area (Å²) in [6.45, 7) is 13.8. The van der Waals surface area contributed by atoms with Gasteiger partial charge in [-0.15, -0.1) is 0 Å². The second-order valence-electron chi connectivity index (χ2n) is 23.2. The maximum atomic E-state index is 12.8. The molecule has 12 N–H and O–H groups in total. The summed E-state index contributed by atoms with van der Waals surface area (Å²) < 4.78 is 36.5. The second kappa shape index (κ2) is 18.0. The number of hydrogen-bond donors (Lipinski definition) is 12. The Morgan fingerprint density at radius 1 is 0.638 bits per heavy atom. The van der Waals surface area contributed by atoms with Crippen molar-refractivity contribution in [2.24, 2.45) is 44.3 Å². The van der Waals surface area contributed by atoms with E-state index < -0.39 is 156 Å². The lowest BCUT2D eigenvalue weighted by molar-refractivity contribution is -0.375. The Balaban J connectivity index is 1.17. The lowest BCUT2D eigenvalue weighted by Gasteiger charge is -2.70. The third kappa shape index (κ3) is 8.09. The van der Waals surface area contributed by atoms with Gasteiger partial charge in [-0.1, -0.05) is 47.1 Å². The number of fused-ring (bicyclic) bond motifs is 6. The van der Waals surface area contributed by atoms with Crippen LogP contribution in [-0.4, -0.2) is 184 Å². The lowest BCUT2D eigenvalue weighted by Crippen LogP contribution is -2.67. The molecule has 0 radical (unpaired) electrons. The van der Waals surface area contributed by atoms with Crippen LogP contribution in [0.1, 0.15) is 106 Å². The minimum Gasteiger partial charge on any atom is -0.481 e. The topological polar surface area (TPSA) is 349 Å². The second-order valence-corrected chi connectivity index (χ2v) is 23.2. The van der Waals surface area contributed by atoms with Crippen LogP contribution in [0.2, 0.25) is 0 Å². The van der Waals surface area contributed by atoms with Crippen molar-refractivity contribution >= 4 is 17.9 Å². The van der Waals surface area contributed by atoms with E-state index in [9.17, 15) is 75.7 Å². The molecule has 21 nitrogen and oxygen atoms in total. The third-order valence-corrected chi connectivity index (χ3v) is 19.0. The summed E-state index contributed by atoms with van der Waals surface area (Å²) in [5.74, 6) is -4.49. The van der Waals surface area contributed by atoms with Crippen LogP contribution >= 0.6 is 0 Å². The van der Waals surface area contributed by atoms with Gasteiger partial charge in [-0.25, -0.2) is 9.59 Å². The molecule has 3 aliphatic heterocycles. The number of hydrogen-bond acceptors (Lipinski definition) is 18. The van der Waals surface area contributed by atoms with Crippen molar-refractivity contribution in [2.45, 2.75) is 204 Å². The molecule has 21 heteroatoms. The Bertz CT molecular complexity index is 2080. The van der Waals surface area contributed by atoms with Gasteiger partial charge in [0.05, 0.1) is 18.1 Å². The summed E-state index contributed by atoms with van der Waals surface area (Å²) in [6.07, 6.45) is -21.6. The fourth-order valence-corrected chi connectivity index (χ4v) is 14.4. The first-order chi connectivity index (χ1) is 32.0. The molecule has 0 aromatic heterocycles. The molecule has 8 rings (SSSR count). The highest BCUT2D eigenvalue weighted by Crippen LogP contribution is 2.76. The molecular formula is C48H72O21. The Morgan fingerprint density at radius 3 is 1.80 bits per heavy atom. The zero-order chi connectivity index (χ0) is 50.9. The fourth-order valence-electron chi connectivity index (χ4n) is 14.4. The van der Waals surface area contributed by atoms with Gasteiger partial charge in [0.1, 0.15) is 66.8 Å². The standard InChI is InChI=1S/C48H72O21/c1-43(2)23-8-11-48(7)36(46(23,5)10-9-24(43)66-41-35(28(53)25(50)22(18-49)65-41)69-40-32(57)27(52)30(55)34(68-40)38(60)61)21(64-39-31(56)26(51)29(54)33(67-39)37(58)59)16-19-20-17-45(4,42(62)63)13-12-44(20,3)14-15-47(19,48)6/h16,22-36,39-41,49-57H,8-15,17-18H2,1-7H3,(H,58,59)(H,60,61)(H,62,63)/t22-,23+,24+,25+,26+,27+,28+,29+,30+,31-,32-,33+,34+,35-,36-,39+,40+,41-,44-,45+,46+,47-,48-/m1/s1. The third-order valence-electron chi connectivity index (χ3n) is 19.0. The van der Waals surface area contributed by atoms with E-state index in [1.54, 1.807) is 6.92 Å². The first kappa shape index (κ1) is 52.5. The van der Waals surface area contributed by atoms with Crippen LogP contribution < -0.4 is 0 Å². The number of carboxylic acids is 3. The highest BCUT2D eigenvalue weighted by atomic mass is 16.8. The predicted octanol–water partition coefficient (Wildman–Crippen LogP) is 0.131. The van der Waals surface area contributed by atoms with Crippen LogP contribution in [0, 0.1) is 44.3 Å². The first-order valence-electron chi connectivity index (χ1n) is 24.2. The predicted molar refractivity (Wildman–Crippen MR) is 233 cm³/mol. The molecule has 3 saturated heterocycles. The number of aliphatic carboxylic acids is 3. The number of ether oxygens (including phenoxy) is 6. The molecule has 0 unspecified atom stereocenters. The van der Waals surface area contributed by atoms with Gasteiger partial charge in [-0.3, -0.25) is 4.79 Å². The average molecular weight is 985 g/mol. The number of allylic oxidation sites excluding steroid dienone is 4. The van der Waals surface area contributed by atoms with Crippen molar-refractivity contribution in [3.63, 3.8) is 0 Å². The number of rotatable bonds is 10. The van der Waals surface area contributed by atoms with E-state index in [4.69, 9.17) is 28.4 Å². The molecule has 6 fully saturated rings. The lowest BCUT2D eigenvalue weighted by atomic mass is 9.35. The van der Waals surface area contributed by atoms with Gasteiger partial charge in [-0.2, -0.15) is 0 Å². The molecule has 69 heavy (non-hydrogen) atoms. The zero-order valence-corrected chi connectivity index (χ0v) is 40.1. The minimum absolute atomic E-state index is 0.217. The van der Waals surface area contributed by atoms with Crippen molar-refractivity contribution in [1.82, 2.24) is 0 Å². The van der Waals surface area contributed by atoms with E-state index in [0.717, 1.165) is 24.0 Å². The highest BCUT2D eigenvalue weighted by molar-refractivity contribution is 5.75. The number of carboxylic acid groups (broad SMARTS) is 3. The van der Waals surface area contributed by atoms with Crippen LogP contribution in [0.25, 0.3) is 0 Å². The van der Waals surface area contributed by atoms with Gasteiger partial charge in [0, 0.05) is 5.92 Å². The summed E-state index contributed by atoms with van der Waals surface area (Å²) in [6, 6.07) is 0. The highest BCUT2D eigenvalue weighted by Gasteiger charge is 2.70. The van der Waals surface area contributed by atoms with Crippen molar-refractivity contribution < 1.29 is 104 Å². The van der Waals surface area contributed by atoms with Gasteiger partial charge in [-0.05, 0) is 109 Å². The SMILES string of the molecule is CC1(C)[C@@H](O[C@H]2O[C@H](CO)[C@H](O)[C@H](O)[C@H]2O[C@@H]2O[C@H](C(=O)O)[C@@H](O)[C@H](O)[C@H]2O)CC[C@]2(C)[C@H]3C(O[C@H]4O[C@H](C(=O)O)[C@@H](O)[C@H](O)[C@H]4O)=CC4=C5C[C@@](C)(C(=O)O)CC[C@]5(C)CC[C@@]4(C)[C@]3(C)CC[C@@H]12. The van der Waals surface area contributed by atoms with E-state index in [0.29, 0.717) is 50.7 Å². The summed E-state index contributed by atoms with van der Waals surface area (Å²) in [5.41, 5.74) is -2.06. The smallest absolute Gasteiger partial charge is 0.335 e. The number of carbonyl (C=O) groups is 3. The van der Waals surface area contributed by atoms with E-state index in [1.807, 2.05) is 19.9 Å². The van der Waals surface area contributed by atoms with E-state index in [-0.39, 0.29) is 11.3 Å².